The SMILES string of the molecule is CC(CCCNS(=O)(=O)c1ccc(I)cc1)C(=O)O. The fourth-order valence-electron chi connectivity index (χ4n) is 1.44. The van der Waals surface area contributed by atoms with Crippen LogP contribution in [0.5, 0.6) is 0 Å². The molecule has 0 fully saturated rings. The molecule has 0 aromatic heterocycles. The van der Waals surface area contributed by atoms with Crippen LogP contribution in [0.2, 0.25) is 0 Å². The van der Waals surface area contributed by atoms with Gasteiger partial charge in [-0.1, -0.05) is 6.92 Å². The van der Waals surface area contributed by atoms with E-state index in [0.717, 1.165) is 3.57 Å². The number of halogens is 1. The first kappa shape index (κ1) is 16.4. The first-order chi connectivity index (χ1) is 8.83. The summed E-state index contributed by atoms with van der Waals surface area (Å²) in [5.41, 5.74) is 0. The number of carboxylic acids is 1. The molecule has 1 rings (SSSR count). The monoisotopic (exact) mass is 397 g/mol. The van der Waals surface area contributed by atoms with Gasteiger partial charge in [-0.3, -0.25) is 4.79 Å². The topological polar surface area (TPSA) is 83.5 Å². The fourth-order valence-corrected chi connectivity index (χ4v) is 2.87. The zero-order valence-electron chi connectivity index (χ0n) is 10.5. The summed E-state index contributed by atoms with van der Waals surface area (Å²) in [4.78, 5) is 10.8. The molecule has 0 amide bonds. The highest BCUT2D eigenvalue weighted by Gasteiger charge is 2.14. The second-order valence-electron chi connectivity index (χ2n) is 4.23. The number of nitrogens with one attached hydrogen (secondary N) is 1. The zero-order valence-corrected chi connectivity index (χ0v) is 13.4. The maximum atomic E-state index is 11.9. The third kappa shape index (κ3) is 5.45. The average molecular weight is 397 g/mol. The molecule has 106 valence electrons. The predicted octanol–water partition coefficient (Wildman–Crippen LogP) is 2.07. The molecule has 0 saturated heterocycles. The molecular weight excluding hydrogens is 381 g/mol. The molecule has 1 aromatic carbocycles. The average Bonchev–Trinajstić information content (AvgIpc) is 2.34. The Kier molecular flexibility index (Phi) is 6.21. The lowest BCUT2D eigenvalue weighted by atomic mass is 10.1. The van der Waals surface area contributed by atoms with E-state index in [0.29, 0.717) is 12.8 Å². The van der Waals surface area contributed by atoms with Gasteiger partial charge < -0.3 is 5.11 Å². The van der Waals surface area contributed by atoms with E-state index in [1.54, 1.807) is 31.2 Å². The first-order valence-electron chi connectivity index (χ1n) is 5.81. The minimum atomic E-state index is -3.50. The quantitative estimate of drug-likeness (QED) is 0.545. The lowest BCUT2D eigenvalue weighted by Crippen LogP contribution is -2.25. The minimum Gasteiger partial charge on any atom is -0.481 e. The molecule has 1 atom stereocenters. The van der Waals surface area contributed by atoms with Crippen molar-refractivity contribution in [3.63, 3.8) is 0 Å². The van der Waals surface area contributed by atoms with E-state index in [-0.39, 0.29) is 11.4 Å². The van der Waals surface area contributed by atoms with Crippen molar-refractivity contribution in [3.8, 4) is 0 Å². The van der Waals surface area contributed by atoms with Gasteiger partial charge in [0.2, 0.25) is 10.0 Å². The Bertz CT molecular complexity index is 527. The van der Waals surface area contributed by atoms with Crippen molar-refractivity contribution in [1.82, 2.24) is 4.72 Å². The number of hydrogen-bond acceptors (Lipinski definition) is 3. The molecule has 1 aromatic rings. The van der Waals surface area contributed by atoms with Gasteiger partial charge in [0, 0.05) is 10.1 Å². The van der Waals surface area contributed by atoms with Crippen LogP contribution in [-0.2, 0) is 14.8 Å². The second kappa shape index (κ2) is 7.20. The number of carbonyl (C=O) groups is 1. The van der Waals surface area contributed by atoms with Crippen LogP contribution in [0.4, 0.5) is 0 Å². The molecule has 0 bridgehead atoms. The standard InChI is InChI=1S/C12H16INO4S/c1-9(12(15)16)3-2-8-14-19(17,18)11-6-4-10(13)5-7-11/h4-7,9,14H,2-3,8H2,1H3,(H,15,16). The first-order valence-corrected chi connectivity index (χ1v) is 8.37. The van der Waals surface area contributed by atoms with Crippen LogP contribution in [0.25, 0.3) is 0 Å². The number of aliphatic carboxylic acids is 1. The summed E-state index contributed by atoms with van der Waals surface area (Å²) in [5, 5.41) is 8.71. The Morgan fingerprint density at radius 2 is 1.95 bits per heavy atom. The van der Waals surface area contributed by atoms with Gasteiger partial charge in [0.1, 0.15) is 0 Å². The van der Waals surface area contributed by atoms with Crippen molar-refractivity contribution < 1.29 is 18.3 Å². The van der Waals surface area contributed by atoms with Crippen LogP contribution in [0, 0.1) is 9.49 Å². The van der Waals surface area contributed by atoms with Gasteiger partial charge in [0.15, 0.2) is 0 Å². The van der Waals surface area contributed by atoms with Crippen molar-refractivity contribution in [2.75, 3.05) is 6.54 Å². The van der Waals surface area contributed by atoms with Crippen molar-refractivity contribution >= 4 is 38.6 Å². The van der Waals surface area contributed by atoms with Crippen molar-refractivity contribution in [3.05, 3.63) is 27.8 Å². The molecule has 0 spiro atoms. The van der Waals surface area contributed by atoms with Crippen LogP contribution in [0.15, 0.2) is 29.2 Å². The molecule has 19 heavy (non-hydrogen) atoms. The molecule has 7 heteroatoms. The summed E-state index contributed by atoms with van der Waals surface area (Å²) >= 11 is 2.10. The second-order valence-corrected chi connectivity index (χ2v) is 7.25. The molecule has 2 N–H and O–H groups in total. The highest BCUT2D eigenvalue weighted by molar-refractivity contribution is 14.1. The Morgan fingerprint density at radius 3 is 2.47 bits per heavy atom. The molecule has 0 heterocycles. The summed E-state index contributed by atoms with van der Waals surface area (Å²) in [5.74, 6) is -1.32. The van der Waals surface area contributed by atoms with E-state index in [9.17, 15) is 13.2 Å². The third-order valence-corrected chi connectivity index (χ3v) is 4.85. The Balaban J connectivity index is 2.48. The lowest BCUT2D eigenvalue weighted by molar-refractivity contribution is -0.141. The van der Waals surface area contributed by atoms with E-state index in [1.807, 2.05) is 0 Å². The van der Waals surface area contributed by atoms with Crippen molar-refractivity contribution in [2.45, 2.75) is 24.7 Å². The number of rotatable bonds is 7. The van der Waals surface area contributed by atoms with Gasteiger partial charge in [0.25, 0.3) is 0 Å². The van der Waals surface area contributed by atoms with E-state index < -0.39 is 21.9 Å². The van der Waals surface area contributed by atoms with E-state index >= 15 is 0 Å². The molecule has 1 unspecified atom stereocenters. The van der Waals surface area contributed by atoms with Crippen LogP contribution >= 0.6 is 22.6 Å². The Hall–Kier alpha value is -0.670. The van der Waals surface area contributed by atoms with Gasteiger partial charge in [0.05, 0.1) is 10.8 Å². The summed E-state index contributed by atoms with van der Waals surface area (Å²) in [7, 11) is -3.50. The lowest BCUT2D eigenvalue weighted by Gasteiger charge is -2.08. The van der Waals surface area contributed by atoms with Gasteiger partial charge in [-0.2, -0.15) is 0 Å². The molecular formula is C12H16INO4S. The molecule has 5 nitrogen and oxygen atoms in total. The van der Waals surface area contributed by atoms with Crippen LogP contribution in [0.3, 0.4) is 0 Å². The maximum Gasteiger partial charge on any atom is 0.306 e. The molecule has 0 aliphatic heterocycles. The van der Waals surface area contributed by atoms with E-state index in [4.69, 9.17) is 5.11 Å². The highest BCUT2D eigenvalue weighted by Crippen LogP contribution is 2.12. The molecule has 0 radical (unpaired) electrons. The van der Waals surface area contributed by atoms with Crippen LogP contribution < -0.4 is 4.72 Å². The molecule has 0 saturated carbocycles. The van der Waals surface area contributed by atoms with Gasteiger partial charge in [-0.15, -0.1) is 0 Å². The highest BCUT2D eigenvalue weighted by atomic mass is 127. The largest absolute Gasteiger partial charge is 0.481 e. The summed E-state index contributed by atoms with van der Waals surface area (Å²) in [6.07, 6.45) is 0.946. The number of hydrogen-bond donors (Lipinski definition) is 2. The van der Waals surface area contributed by atoms with Gasteiger partial charge in [-0.25, -0.2) is 13.1 Å². The zero-order chi connectivity index (χ0) is 14.5. The molecule has 0 aliphatic carbocycles. The molecule has 0 aliphatic rings. The van der Waals surface area contributed by atoms with Gasteiger partial charge >= 0.3 is 5.97 Å². The van der Waals surface area contributed by atoms with Gasteiger partial charge in [-0.05, 0) is 59.7 Å². The number of carboxylic acid groups (broad SMARTS) is 1. The number of sulfonamides is 1. The fraction of sp³-hybridized carbons (Fsp3) is 0.417. The van der Waals surface area contributed by atoms with Crippen LogP contribution in [-0.4, -0.2) is 26.0 Å². The Labute approximate surface area is 126 Å². The summed E-state index contributed by atoms with van der Waals surface area (Å²) in [6, 6.07) is 6.54. The number of benzene rings is 1. The van der Waals surface area contributed by atoms with Crippen LogP contribution in [0.1, 0.15) is 19.8 Å². The summed E-state index contributed by atoms with van der Waals surface area (Å²) in [6.45, 7) is 1.85. The normalized spacial score (nSPS) is 13.2. The minimum absolute atomic E-state index is 0.221. The smallest absolute Gasteiger partial charge is 0.306 e. The Morgan fingerprint density at radius 1 is 1.37 bits per heavy atom. The predicted molar refractivity (Wildman–Crippen MR) is 80.4 cm³/mol. The van der Waals surface area contributed by atoms with Crippen molar-refractivity contribution in [2.24, 2.45) is 5.92 Å². The van der Waals surface area contributed by atoms with E-state index in [2.05, 4.69) is 27.3 Å². The maximum absolute atomic E-state index is 11.9. The third-order valence-electron chi connectivity index (χ3n) is 2.65. The van der Waals surface area contributed by atoms with Crippen molar-refractivity contribution in [1.29, 1.82) is 0 Å². The summed E-state index contributed by atoms with van der Waals surface area (Å²) < 4.78 is 27.2. The van der Waals surface area contributed by atoms with E-state index in [1.165, 1.54) is 0 Å².